The Morgan fingerprint density at radius 2 is 1.67 bits per heavy atom. The van der Waals surface area contributed by atoms with Gasteiger partial charge in [0.1, 0.15) is 5.69 Å². The van der Waals surface area contributed by atoms with Gasteiger partial charge in [-0.25, -0.2) is 17.9 Å². The van der Waals surface area contributed by atoms with E-state index in [1.165, 1.54) is 16.8 Å². The normalized spacial score (nSPS) is 11.6. The van der Waals surface area contributed by atoms with Gasteiger partial charge in [0.25, 0.3) is 0 Å². The van der Waals surface area contributed by atoms with Gasteiger partial charge in [0.15, 0.2) is 0 Å². The minimum atomic E-state index is -4.03. The second-order valence-electron chi connectivity index (χ2n) is 7.74. The number of hydrogen-bond donors (Lipinski definition) is 1. The van der Waals surface area contributed by atoms with E-state index in [4.69, 9.17) is 11.6 Å². The second kappa shape index (κ2) is 8.80. The maximum atomic E-state index is 13.6. The lowest BCUT2D eigenvalue weighted by Crippen LogP contribution is -2.07. The number of carboxylic acids is 1. The molecule has 168 valence electrons. The molecule has 0 bridgehead atoms. The fourth-order valence-electron chi connectivity index (χ4n) is 3.40. The van der Waals surface area contributed by atoms with Crippen molar-refractivity contribution in [1.29, 1.82) is 0 Å². The Kier molecular flexibility index (Phi) is 6.05. The van der Waals surface area contributed by atoms with Crippen molar-refractivity contribution in [3.8, 4) is 16.9 Å². The Morgan fingerprint density at radius 3 is 2.27 bits per heavy atom. The summed E-state index contributed by atoms with van der Waals surface area (Å²) in [4.78, 5) is 11.5. The first-order valence-electron chi connectivity index (χ1n) is 10.1. The van der Waals surface area contributed by atoms with E-state index >= 15 is 0 Å². The molecule has 9 heteroatoms. The zero-order valence-corrected chi connectivity index (χ0v) is 19.4. The van der Waals surface area contributed by atoms with Gasteiger partial charge in [-0.2, -0.15) is 0 Å². The van der Waals surface area contributed by atoms with Crippen LogP contribution in [0.3, 0.4) is 0 Å². The molecule has 4 rings (SSSR count). The molecular formula is C24H20ClN3O4S. The quantitative estimate of drug-likeness (QED) is 0.404. The van der Waals surface area contributed by atoms with Crippen molar-refractivity contribution in [2.75, 3.05) is 0 Å². The monoisotopic (exact) mass is 481 g/mol. The molecule has 0 aliphatic heterocycles. The van der Waals surface area contributed by atoms with Gasteiger partial charge in [0, 0.05) is 10.6 Å². The standard InChI is InChI=1S/C24H20ClN3O4S/c1-15(2)16-8-12-21(13-9-16)33(31,32)23-22(17-6-10-19(25)11-7-17)28(27-26-23)20-5-3-4-18(14-20)24(29)30/h3-15H,1-2H3,(H,29,30). The number of aromatic carboxylic acids is 1. The average Bonchev–Trinajstić information content (AvgIpc) is 3.26. The highest BCUT2D eigenvalue weighted by Gasteiger charge is 2.29. The molecular weight excluding hydrogens is 462 g/mol. The number of carbonyl (C=O) groups is 1. The topological polar surface area (TPSA) is 102 Å². The van der Waals surface area contributed by atoms with E-state index in [9.17, 15) is 18.3 Å². The van der Waals surface area contributed by atoms with Crippen molar-refractivity contribution in [2.45, 2.75) is 29.7 Å². The van der Waals surface area contributed by atoms with E-state index < -0.39 is 15.8 Å². The maximum absolute atomic E-state index is 13.6. The van der Waals surface area contributed by atoms with Crippen molar-refractivity contribution >= 4 is 27.4 Å². The summed E-state index contributed by atoms with van der Waals surface area (Å²) in [5.74, 6) is -0.850. The number of halogens is 1. The molecule has 0 saturated carbocycles. The van der Waals surface area contributed by atoms with Crippen LogP contribution in [0, 0.1) is 0 Å². The van der Waals surface area contributed by atoms with Gasteiger partial charge >= 0.3 is 5.97 Å². The van der Waals surface area contributed by atoms with Gasteiger partial charge in [-0.3, -0.25) is 0 Å². The number of hydrogen-bond acceptors (Lipinski definition) is 5. The predicted molar refractivity (Wildman–Crippen MR) is 125 cm³/mol. The van der Waals surface area contributed by atoms with Crippen molar-refractivity contribution in [1.82, 2.24) is 15.0 Å². The molecule has 0 spiro atoms. The first-order chi connectivity index (χ1) is 15.7. The van der Waals surface area contributed by atoms with E-state index in [-0.39, 0.29) is 27.1 Å². The van der Waals surface area contributed by atoms with Gasteiger partial charge in [0.2, 0.25) is 14.9 Å². The lowest BCUT2D eigenvalue weighted by atomic mass is 10.0. The summed E-state index contributed by atoms with van der Waals surface area (Å²) in [6.45, 7) is 4.05. The summed E-state index contributed by atoms with van der Waals surface area (Å²) in [5.41, 5.74) is 2.15. The molecule has 0 aliphatic rings. The SMILES string of the molecule is CC(C)c1ccc(S(=O)(=O)c2nnn(-c3cccc(C(=O)O)c3)c2-c2ccc(Cl)cc2)cc1. The Labute approximate surface area is 196 Å². The maximum Gasteiger partial charge on any atom is 0.335 e. The number of carboxylic acid groups (broad SMARTS) is 1. The van der Waals surface area contributed by atoms with Crippen LogP contribution in [0.2, 0.25) is 5.02 Å². The summed E-state index contributed by atoms with van der Waals surface area (Å²) in [6.07, 6.45) is 0. The van der Waals surface area contributed by atoms with Crippen LogP contribution in [0.5, 0.6) is 0 Å². The lowest BCUT2D eigenvalue weighted by molar-refractivity contribution is 0.0697. The number of rotatable bonds is 6. The molecule has 0 amide bonds. The number of benzene rings is 3. The van der Waals surface area contributed by atoms with Crippen LogP contribution < -0.4 is 0 Å². The smallest absolute Gasteiger partial charge is 0.335 e. The van der Waals surface area contributed by atoms with Crippen LogP contribution in [0.25, 0.3) is 16.9 Å². The molecule has 3 aromatic carbocycles. The van der Waals surface area contributed by atoms with Crippen molar-refractivity contribution in [3.05, 3.63) is 88.9 Å². The summed E-state index contributed by atoms with van der Waals surface area (Å²) in [6, 6.07) is 19.3. The van der Waals surface area contributed by atoms with Crippen LogP contribution in [-0.4, -0.2) is 34.5 Å². The van der Waals surface area contributed by atoms with E-state index in [0.29, 0.717) is 16.3 Å². The molecule has 7 nitrogen and oxygen atoms in total. The molecule has 0 atom stereocenters. The highest BCUT2D eigenvalue weighted by molar-refractivity contribution is 7.91. The third kappa shape index (κ3) is 4.40. The lowest BCUT2D eigenvalue weighted by Gasteiger charge is -2.11. The zero-order valence-electron chi connectivity index (χ0n) is 17.8. The van der Waals surface area contributed by atoms with E-state index in [2.05, 4.69) is 10.3 Å². The third-order valence-electron chi connectivity index (χ3n) is 5.21. The summed E-state index contributed by atoms with van der Waals surface area (Å²) in [7, 11) is -4.03. The Bertz CT molecular complexity index is 1430. The van der Waals surface area contributed by atoms with Gasteiger partial charge in [-0.1, -0.05) is 61.0 Å². The molecule has 4 aromatic rings. The zero-order chi connectivity index (χ0) is 23.8. The van der Waals surface area contributed by atoms with Gasteiger partial charge in [-0.15, -0.1) is 5.10 Å². The van der Waals surface area contributed by atoms with Gasteiger partial charge < -0.3 is 5.11 Å². The van der Waals surface area contributed by atoms with Crippen molar-refractivity contribution in [3.63, 3.8) is 0 Å². The summed E-state index contributed by atoms with van der Waals surface area (Å²) >= 11 is 6.03. The first-order valence-corrected chi connectivity index (χ1v) is 11.9. The third-order valence-corrected chi connectivity index (χ3v) is 7.14. The first kappa shape index (κ1) is 22.7. The van der Waals surface area contributed by atoms with Crippen molar-refractivity contribution in [2.24, 2.45) is 0 Å². The minimum absolute atomic E-state index is 0.0405. The Balaban J connectivity index is 1.93. The molecule has 1 N–H and O–H groups in total. The highest BCUT2D eigenvalue weighted by Crippen LogP contribution is 2.33. The molecule has 1 aromatic heterocycles. The van der Waals surface area contributed by atoms with Crippen LogP contribution in [-0.2, 0) is 9.84 Å². The molecule has 0 unspecified atom stereocenters. The largest absolute Gasteiger partial charge is 0.478 e. The fraction of sp³-hybridized carbons (Fsp3) is 0.125. The highest BCUT2D eigenvalue weighted by atomic mass is 35.5. The Morgan fingerprint density at radius 1 is 1.00 bits per heavy atom. The van der Waals surface area contributed by atoms with Gasteiger partial charge in [0.05, 0.1) is 16.1 Å². The molecule has 0 aliphatic carbocycles. The summed E-state index contributed by atoms with van der Waals surface area (Å²) < 4.78 is 28.4. The Hall–Kier alpha value is -3.49. The molecule has 0 fully saturated rings. The average molecular weight is 482 g/mol. The summed E-state index contributed by atoms with van der Waals surface area (Å²) in [5, 5.41) is 17.7. The van der Waals surface area contributed by atoms with E-state index in [1.54, 1.807) is 60.7 Å². The number of aromatic nitrogens is 3. The van der Waals surface area contributed by atoms with E-state index in [0.717, 1.165) is 5.56 Å². The second-order valence-corrected chi connectivity index (χ2v) is 10.0. The number of sulfone groups is 1. The minimum Gasteiger partial charge on any atom is -0.478 e. The molecule has 0 saturated heterocycles. The van der Waals surface area contributed by atoms with Crippen LogP contribution in [0.4, 0.5) is 0 Å². The van der Waals surface area contributed by atoms with Crippen LogP contribution in [0.15, 0.2) is 82.7 Å². The molecule has 1 heterocycles. The van der Waals surface area contributed by atoms with E-state index in [1.807, 2.05) is 13.8 Å². The molecule has 33 heavy (non-hydrogen) atoms. The predicted octanol–water partition coefficient (Wildman–Crippen LogP) is 5.24. The van der Waals surface area contributed by atoms with Gasteiger partial charge in [-0.05, 0) is 53.9 Å². The fourth-order valence-corrected chi connectivity index (χ4v) is 4.84. The molecule has 0 radical (unpaired) electrons. The van der Waals surface area contributed by atoms with Crippen molar-refractivity contribution < 1.29 is 18.3 Å². The van der Waals surface area contributed by atoms with Crippen LogP contribution >= 0.6 is 11.6 Å². The van der Waals surface area contributed by atoms with Crippen LogP contribution in [0.1, 0.15) is 35.7 Å². The number of nitrogens with zero attached hydrogens (tertiary/aromatic N) is 3.